The minimum atomic E-state index is -4.18. The molecule has 2 N–H and O–H groups in total. The maximum atomic E-state index is 10.9. The summed E-state index contributed by atoms with van der Waals surface area (Å²) in [5.41, 5.74) is 2.35. The Morgan fingerprint density at radius 1 is 0.952 bits per heavy atom. The molecule has 2 rings (SSSR count). The van der Waals surface area contributed by atoms with E-state index in [9.17, 15) is 8.42 Å². The van der Waals surface area contributed by atoms with Crippen LogP contribution in [0.3, 0.4) is 0 Å². The highest BCUT2D eigenvalue weighted by atomic mass is 32.2. The molecule has 0 atom stereocenters. The van der Waals surface area contributed by atoms with Crippen LogP contribution in [0, 0.1) is 0 Å². The van der Waals surface area contributed by atoms with Gasteiger partial charge < -0.3 is 5.32 Å². The zero-order chi connectivity index (χ0) is 15.3. The first-order valence-electron chi connectivity index (χ1n) is 6.22. The third kappa shape index (κ3) is 4.45. The number of hydrogen-bond donors (Lipinski definition) is 2. The Bertz CT molecular complexity index is 723. The van der Waals surface area contributed by atoms with Crippen LogP contribution in [-0.2, 0) is 16.7 Å². The second-order valence-electron chi connectivity index (χ2n) is 4.37. The lowest BCUT2D eigenvalue weighted by molar-refractivity contribution is 0.483. The van der Waals surface area contributed by atoms with Crippen LogP contribution in [0.2, 0.25) is 0 Å². The molecule has 0 unspecified atom stereocenters. The van der Waals surface area contributed by atoms with Crippen LogP contribution in [0.4, 0.5) is 11.4 Å². The maximum Gasteiger partial charge on any atom is 0.294 e. The first-order chi connectivity index (χ1) is 9.99. The SMILES string of the molecule is CNCc1ccc(/N=N/c2ccc(S(=O)(=O)O)cc2)cc1. The highest BCUT2D eigenvalue weighted by Crippen LogP contribution is 2.20. The minimum absolute atomic E-state index is 0.169. The summed E-state index contributed by atoms with van der Waals surface area (Å²) in [4.78, 5) is -0.169. The quantitative estimate of drug-likeness (QED) is 0.656. The van der Waals surface area contributed by atoms with Gasteiger partial charge in [0.15, 0.2) is 0 Å². The summed E-state index contributed by atoms with van der Waals surface area (Å²) in [5, 5.41) is 11.1. The Kier molecular flexibility index (Phi) is 4.79. The molecule has 0 aromatic heterocycles. The van der Waals surface area contributed by atoms with Gasteiger partial charge in [0.2, 0.25) is 0 Å². The van der Waals surface area contributed by atoms with E-state index in [1.165, 1.54) is 24.3 Å². The third-order valence-electron chi connectivity index (χ3n) is 2.73. The van der Waals surface area contributed by atoms with E-state index < -0.39 is 10.1 Å². The van der Waals surface area contributed by atoms with E-state index in [4.69, 9.17) is 4.55 Å². The summed E-state index contributed by atoms with van der Waals surface area (Å²) in [5.74, 6) is 0. The molecular formula is C14H15N3O3S. The molecule has 7 heteroatoms. The number of hydrogen-bond acceptors (Lipinski definition) is 5. The summed E-state index contributed by atoms with van der Waals surface area (Å²) in [6.07, 6.45) is 0. The van der Waals surface area contributed by atoms with Crippen molar-refractivity contribution in [3.8, 4) is 0 Å². The summed E-state index contributed by atoms with van der Waals surface area (Å²) in [6.45, 7) is 0.786. The summed E-state index contributed by atoms with van der Waals surface area (Å²) in [7, 11) is -2.30. The molecular weight excluding hydrogens is 290 g/mol. The van der Waals surface area contributed by atoms with Gasteiger partial charge in [0.05, 0.1) is 16.3 Å². The van der Waals surface area contributed by atoms with Gasteiger partial charge in [-0.2, -0.15) is 18.6 Å². The largest absolute Gasteiger partial charge is 0.316 e. The summed E-state index contributed by atoms with van der Waals surface area (Å²) in [6, 6.07) is 13.1. The van der Waals surface area contributed by atoms with Gasteiger partial charge in [0, 0.05) is 6.54 Å². The molecule has 0 fully saturated rings. The molecule has 0 heterocycles. The first-order valence-corrected chi connectivity index (χ1v) is 7.66. The molecule has 0 spiro atoms. The second-order valence-corrected chi connectivity index (χ2v) is 5.79. The van der Waals surface area contributed by atoms with E-state index in [0.29, 0.717) is 11.4 Å². The Balaban J connectivity index is 2.10. The zero-order valence-corrected chi connectivity index (χ0v) is 12.2. The fourth-order valence-electron chi connectivity index (χ4n) is 1.68. The molecule has 0 bridgehead atoms. The van der Waals surface area contributed by atoms with Gasteiger partial charge in [-0.1, -0.05) is 12.1 Å². The van der Waals surface area contributed by atoms with E-state index >= 15 is 0 Å². The predicted molar refractivity (Wildman–Crippen MR) is 79.6 cm³/mol. The van der Waals surface area contributed by atoms with Crippen molar-refractivity contribution in [2.24, 2.45) is 10.2 Å². The van der Waals surface area contributed by atoms with Gasteiger partial charge >= 0.3 is 0 Å². The molecule has 6 nitrogen and oxygen atoms in total. The average molecular weight is 305 g/mol. The van der Waals surface area contributed by atoms with Gasteiger partial charge in [-0.3, -0.25) is 4.55 Å². The van der Waals surface area contributed by atoms with Crippen molar-refractivity contribution in [1.29, 1.82) is 0 Å². The molecule has 0 amide bonds. The number of nitrogens with one attached hydrogen (secondary N) is 1. The lowest BCUT2D eigenvalue weighted by Crippen LogP contribution is -2.04. The van der Waals surface area contributed by atoms with E-state index in [1.807, 2.05) is 31.3 Å². The monoisotopic (exact) mass is 305 g/mol. The fourth-order valence-corrected chi connectivity index (χ4v) is 2.16. The first kappa shape index (κ1) is 15.3. The zero-order valence-electron chi connectivity index (χ0n) is 11.4. The number of nitrogens with zero attached hydrogens (tertiary/aromatic N) is 2. The maximum absolute atomic E-state index is 10.9. The number of azo groups is 1. The van der Waals surface area contributed by atoms with Crippen molar-refractivity contribution < 1.29 is 13.0 Å². The Morgan fingerprint density at radius 2 is 1.43 bits per heavy atom. The Morgan fingerprint density at radius 3 is 1.86 bits per heavy atom. The molecule has 0 aliphatic rings. The third-order valence-corrected chi connectivity index (χ3v) is 3.60. The van der Waals surface area contributed by atoms with Crippen LogP contribution in [0.15, 0.2) is 63.7 Å². The van der Waals surface area contributed by atoms with Crippen molar-refractivity contribution >= 4 is 21.5 Å². The van der Waals surface area contributed by atoms with Gasteiger partial charge in [-0.15, -0.1) is 0 Å². The molecule has 21 heavy (non-hydrogen) atoms. The molecule has 2 aromatic rings. The van der Waals surface area contributed by atoms with Crippen LogP contribution in [-0.4, -0.2) is 20.0 Å². The van der Waals surface area contributed by atoms with Crippen molar-refractivity contribution in [2.45, 2.75) is 11.4 Å². The average Bonchev–Trinajstić information content (AvgIpc) is 2.46. The lowest BCUT2D eigenvalue weighted by atomic mass is 10.2. The standard InChI is InChI=1S/C14H15N3O3S/c1-15-10-11-2-4-12(5-3-11)16-17-13-6-8-14(9-7-13)21(18,19)20/h2-9,15H,10H2,1H3,(H,18,19,20)/b17-16+. The lowest BCUT2D eigenvalue weighted by Gasteiger charge is -1.99. The van der Waals surface area contributed by atoms with Gasteiger partial charge in [-0.05, 0) is 49.0 Å². The smallest absolute Gasteiger partial charge is 0.294 e. The van der Waals surface area contributed by atoms with E-state index in [2.05, 4.69) is 15.5 Å². The molecule has 0 aliphatic heterocycles. The van der Waals surface area contributed by atoms with Gasteiger partial charge in [0.25, 0.3) is 10.1 Å². The van der Waals surface area contributed by atoms with E-state index in [1.54, 1.807) is 0 Å². The van der Waals surface area contributed by atoms with Gasteiger partial charge in [-0.25, -0.2) is 0 Å². The molecule has 0 radical (unpaired) electrons. The highest BCUT2D eigenvalue weighted by molar-refractivity contribution is 7.85. The Labute approximate surface area is 123 Å². The van der Waals surface area contributed by atoms with Gasteiger partial charge in [0.1, 0.15) is 0 Å². The van der Waals surface area contributed by atoms with Crippen LogP contribution in [0.25, 0.3) is 0 Å². The topological polar surface area (TPSA) is 91.1 Å². The van der Waals surface area contributed by atoms with Crippen LogP contribution < -0.4 is 5.32 Å². The fraction of sp³-hybridized carbons (Fsp3) is 0.143. The molecule has 110 valence electrons. The molecule has 0 saturated carbocycles. The van der Waals surface area contributed by atoms with Crippen molar-refractivity contribution in [3.63, 3.8) is 0 Å². The molecule has 0 aliphatic carbocycles. The van der Waals surface area contributed by atoms with E-state index in [0.717, 1.165) is 12.1 Å². The number of benzene rings is 2. The van der Waals surface area contributed by atoms with Crippen LogP contribution in [0.5, 0.6) is 0 Å². The Hall–Kier alpha value is -2.09. The molecule has 0 saturated heterocycles. The number of rotatable bonds is 5. The van der Waals surface area contributed by atoms with E-state index in [-0.39, 0.29) is 4.90 Å². The minimum Gasteiger partial charge on any atom is -0.316 e. The van der Waals surface area contributed by atoms with Crippen molar-refractivity contribution in [1.82, 2.24) is 5.32 Å². The van der Waals surface area contributed by atoms with Crippen LogP contribution in [0.1, 0.15) is 5.56 Å². The second kappa shape index (κ2) is 6.57. The highest BCUT2D eigenvalue weighted by Gasteiger charge is 2.07. The normalized spacial score (nSPS) is 11.9. The van der Waals surface area contributed by atoms with Crippen molar-refractivity contribution in [2.75, 3.05) is 7.05 Å². The van der Waals surface area contributed by atoms with Crippen molar-refractivity contribution in [3.05, 3.63) is 54.1 Å². The predicted octanol–water partition coefficient (Wildman–Crippen LogP) is 3.07. The summed E-state index contributed by atoms with van der Waals surface area (Å²) >= 11 is 0. The molecule has 2 aromatic carbocycles. The summed E-state index contributed by atoms with van der Waals surface area (Å²) < 4.78 is 30.7. The van der Waals surface area contributed by atoms with Crippen LogP contribution >= 0.6 is 0 Å².